The Morgan fingerprint density at radius 2 is 2.09 bits per heavy atom. The highest BCUT2D eigenvalue weighted by molar-refractivity contribution is 5.93. The van der Waals surface area contributed by atoms with Gasteiger partial charge in [0, 0.05) is 6.07 Å². The van der Waals surface area contributed by atoms with Gasteiger partial charge in [0.15, 0.2) is 12.3 Å². The number of nitrogens with one attached hydrogen (secondary N) is 2. The van der Waals surface area contributed by atoms with Gasteiger partial charge in [0.1, 0.15) is 18.0 Å². The third-order valence-corrected chi connectivity index (χ3v) is 3.20. The molecule has 2 N–H and O–H groups in total. The van der Waals surface area contributed by atoms with Crippen molar-refractivity contribution in [3.05, 3.63) is 42.4 Å². The lowest BCUT2D eigenvalue weighted by molar-refractivity contribution is -0.886. The monoisotopic (exact) mass is 305 g/mol. The van der Waals surface area contributed by atoms with Crippen molar-refractivity contribution in [3.63, 3.8) is 0 Å². The van der Waals surface area contributed by atoms with E-state index in [1.165, 1.54) is 0 Å². The molecule has 0 aliphatic rings. The lowest BCUT2D eigenvalue weighted by atomic mass is 10.2. The van der Waals surface area contributed by atoms with E-state index in [4.69, 9.17) is 13.9 Å². The van der Waals surface area contributed by atoms with Crippen LogP contribution in [-0.2, 0) is 11.3 Å². The number of furan rings is 1. The third kappa shape index (κ3) is 4.26. The average Bonchev–Trinajstić information content (AvgIpc) is 2.99. The number of carbonyl (C=O) groups excluding carboxylic acids is 1. The van der Waals surface area contributed by atoms with Gasteiger partial charge in [0.05, 0.1) is 33.2 Å². The molecule has 6 heteroatoms. The summed E-state index contributed by atoms with van der Waals surface area (Å²) in [6.07, 6.45) is 1.63. The van der Waals surface area contributed by atoms with Crippen molar-refractivity contribution >= 4 is 11.6 Å². The number of quaternary nitrogens is 1. The number of ether oxygens (including phenoxy) is 2. The largest absolute Gasteiger partial charge is 0.497 e. The molecule has 1 heterocycles. The highest BCUT2D eigenvalue weighted by Gasteiger charge is 2.14. The zero-order valence-corrected chi connectivity index (χ0v) is 13.0. The Hall–Kier alpha value is -2.47. The summed E-state index contributed by atoms with van der Waals surface area (Å²) in [4.78, 5) is 13.2. The van der Waals surface area contributed by atoms with Crippen LogP contribution >= 0.6 is 0 Å². The first-order chi connectivity index (χ1) is 10.6. The fourth-order valence-electron chi connectivity index (χ4n) is 2.15. The molecule has 0 bridgehead atoms. The quantitative estimate of drug-likeness (QED) is 0.799. The van der Waals surface area contributed by atoms with Gasteiger partial charge in [0.25, 0.3) is 5.91 Å². The topological polar surface area (TPSA) is 65.1 Å². The Balaban J connectivity index is 1.96. The zero-order chi connectivity index (χ0) is 15.9. The number of rotatable bonds is 7. The molecule has 0 aliphatic carbocycles. The molecule has 1 aromatic heterocycles. The molecule has 0 spiro atoms. The van der Waals surface area contributed by atoms with E-state index < -0.39 is 0 Å². The highest BCUT2D eigenvalue weighted by atomic mass is 16.5. The lowest BCUT2D eigenvalue weighted by Crippen LogP contribution is -3.08. The van der Waals surface area contributed by atoms with Crippen LogP contribution in [-0.4, -0.2) is 33.7 Å². The Kier molecular flexibility index (Phi) is 5.43. The van der Waals surface area contributed by atoms with Gasteiger partial charge < -0.3 is 24.1 Å². The maximum absolute atomic E-state index is 12.2. The maximum atomic E-state index is 12.2. The minimum absolute atomic E-state index is 0.101. The standard InChI is InChI=1S/C16H20N2O4/c1-18(10-13-5-4-8-22-13)11-16(19)17-14-9-12(20-2)6-7-15(14)21-3/h4-9H,10-11H2,1-3H3,(H,17,19)/p+1. The van der Waals surface area contributed by atoms with Crippen LogP contribution in [0.4, 0.5) is 5.69 Å². The number of carbonyl (C=O) groups is 1. The average molecular weight is 305 g/mol. The van der Waals surface area contributed by atoms with Gasteiger partial charge in [-0.15, -0.1) is 0 Å². The molecule has 0 aliphatic heterocycles. The molecule has 1 atom stereocenters. The predicted octanol–water partition coefficient (Wildman–Crippen LogP) is 0.950. The summed E-state index contributed by atoms with van der Waals surface area (Å²) in [5.41, 5.74) is 0.595. The van der Waals surface area contributed by atoms with Crippen molar-refractivity contribution in [1.82, 2.24) is 0 Å². The number of amides is 1. The number of hydrogen-bond donors (Lipinski definition) is 2. The zero-order valence-electron chi connectivity index (χ0n) is 13.0. The maximum Gasteiger partial charge on any atom is 0.279 e. The molecule has 2 rings (SSSR count). The minimum atomic E-state index is -0.101. The molecular weight excluding hydrogens is 284 g/mol. The van der Waals surface area contributed by atoms with E-state index in [2.05, 4.69) is 5.32 Å². The van der Waals surface area contributed by atoms with Crippen molar-refractivity contribution in [3.8, 4) is 11.5 Å². The van der Waals surface area contributed by atoms with Crippen LogP contribution in [0.15, 0.2) is 41.0 Å². The lowest BCUT2D eigenvalue weighted by Gasteiger charge is -2.14. The summed E-state index contributed by atoms with van der Waals surface area (Å²) in [7, 11) is 5.07. The smallest absolute Gasteiger partial charge is 0.279 e. The fraction of sp³-hybridized carbons (Fsp3) is 0.312. The first-order valence-corrected chi connectivity index (χ1v) is 6.98. The van der Waals surface area contributed by atoms with Crippen LogP contribution in [0.1, 0.15) is 5.76 Å². The van der Waals surface area contributed by atoms with Crippen molar-refractivity contribution in [2.24, 2.45) is 0 Å². The van der Waals surface area contributed by atoms with Crippen LogP contribution < -0.4 is 19.7 Å². The van der Waals surface area contributed by atoms with Gasteiger partial charge in [0.2, 0.25) is 0 Å². The summed E-state index contributed by atoms with van der Waals surface area (Å²) in [6, 6.07) is 9.01. The van der Waals surface area contributed by atoms with E-state index >= 15 is 0 Å². The molecule has 1 aromatic carbocycles. The second-order valence-corrected chi connectivity index (χ2v) is 5.00. The summed E-state index contributed by atoms with van der Waals surface area (Å²) in [5.74, 6) is 2.00. The number of hydrogen-bond acceptors (Lipinski definition) is 4. The third-order valence-electron chi connectivity index (χ3n) is 3.20. The Labute approximate surface area is 129 Å². The van der Waals surface area contributed by atoms with E-state index in [0.717, 1.165) is 10.7 Å². The van der Waals surface area contributed by atoms with Crippen LogP contribution in [0.2, 0.25) is 0 Å². The van der Waals surface area contributed by atoms with Gasteiger partial charge in [-0.2, -0.15) is 0 Å². The number of benzene rings is 1. The SMILES string of the molecule is COc1ccc(OC)c(NC(=O)C[NH+](C)Cc2ccco2)c1. The molecule has 0 saturated heterocycles. The van der Waals surface area contributed by atoms with Crippen LogP contribution in [0, 0.1) is 0 Å². The number of anilines is 1. The predicted molar refractivity (Wildman–Crippen MR) is 82.3 cm³/mol. The molecular formula is C16H21N2O4+. The van der Waals surface area contributed by atoms with Crippen molar-refractivity contribution in [1.29, 1.82) is 0 Å². The summed E-state index contributed by atoms with van der Waals surface area (Å²) in [5, 5.41) is 2.85. The van der Waals surface area contributed by atoms with E-state index in [1.54, 1.807) is 38.7 Å². The molecule has 22 heavy (non-hydrogen) atoms. The Morgan fingerprint density at radius 1 is 1.27 bits per heavy atom. The molecule has 6 nitrogen and oxygen atoms in total. The molecule has 0 saturated carbocycles. The van der Waals surface area contributed by atoms with Crippen LogP contribution in [0.25, 0.3) is 0 Å². The van der Waals surface area contributed by atoms with Crippen LogP contribution in [0.3, 0.4) is 0 Å². The van der Waals surface area contributed by atoms with E-state index in [0.29, 0.717) is 30.3 Å². The second-order valence-electron chi connectivity index (χ2n) is 5.00. The number of likely N-dealkylation sites (N-methyl/N-ethyl adjacent to an activating group) is 1. The summed E-state index contributed by atoms with van der Waals surface area (Å²) >= 11 is 0. The molecule has 1 amide bonds. The van der Waals surface area contributed by atoms with E-state index in [9.17, 15) is 4.79 Å². The van der Waals surface area contributed by atoms with Crippen molar-refractivity contribution < 1.29 is 23.6 Å². The minimum Gasteiger partial charge on any atom is -0.497 e. The number of methoxy groups -OCH3 is 2. The summed E-state index contributed by atoms with van der Waals surface area (Å²) in [6.45, 7) is 0.969. The van der Waals surface area contributed by atoms with Gasteiger partial charge in [-0.1, -0.05) is 0 Å². The molecule has 0 fully saturated rings. The molecule has 2 aromatic rings. The van der Waals surface area contributed by atoms with Crippen molar-refractivity contribution in [2.75, 3.05) is 33.1 Å². The van der Waals surface area contributed by atoms with Crippen molar-refractivity contribution in [2.45, 2.75) is 6.54 Å². The van der Waals surface area contributed by atoms with E-state index in [-0.39, 0.29) is 5.91 Å². The Morgan fingerprint density at radius 3 is 2.73 bits per heavy atom. The molecule has 118 valence electrons. The van der Waals surface area contributed by atoms with Gasteiger partial charge in [-0.05, 0) is 24.3 Å². The first kappa shape index (κ1) is 15.9. The van der Waals surface area contributed by atoms with Gasteiger partial charge in [-0.3, -0.25) is 4.79 Å². The van der Waals surface area contributed by atoms with Gasteiger partial charge in [-0.25, -0.2) is 0 Å². The molecule has 0 radical (unpaired) electrons. The summed E-state index contributed by atoms with van der Waals surface area (Å²) < 4.78 is 15.7. The first-order valence-electron chi connectivity index (χ1n) is 6.98. The van der Waals surface area contributed by atoms with E-state index in [1.807, 2.05) is 19.2 Å². The fourth-order valence-corrected chi connectivity index (χ4v) is 2.15. The Bertz CT molecular complexity index is 611. The second kappa shape index (κ2) is 7.51. The normalized spacial score (nSPS) is 11.8. The molecule has 1 unspecified atom stereocenters. The van der Waals surface area contributed by atoms with Crippen LogP contribution in [0.5, 0.6) is 11.5 Å². The highest BCUT2D eigenvalue weighted by Crippen LogP contribution is 2.28. The van der Waals surface area contributed by atoms with Gasteiger partial charge >= 0.3 is 0 Å².